The normalized spacial score (nSPS) is 10.9. The summed E-state index contributed by atoms with van der Waals surface area (Å²) in [5.41, 5.74) is 9.41. The Kier molecular flexibility index (Phi) is 5.45. The minimum Gasteiger partial charge on any atom is -0.377 e. The van der Waals surface area contributed by atoms with Gasteiger partial charge in [-0.25, -0.2) is 0 Å². The molecule has 0 aliphatic carbocycles. The number of hydrogen-bond acceptors (Lipinski definition) is 3. The number of nitrogens with two attached hydrogens (primary N) is 1. The third kappa shape index (κ3) is 4.36. The van der Waals surface area contributed by atoms with E-state index >= 15 is 0 Å². The van der Waals surface area contributed by atoms with Crippen molar-refractivity contribution in [3.8, 4) is 0 Å². The lowest BCUT2D eigenvalue weighted by Crippen LogP contribution is -2.25. The molecule has 0 aliphatic rings. The monoisotopic (exact) mass is 236 g/mol. The van der Waals surface area contributed by atoms with E-state index in [1.54, 1.807) is 0 Å². The fourth-order valence-corrected chi connectivity index (χ4v) is 1.75. The van der Waals surface area contributed by atoms with E-state index in [-0.39, 0.29) is 6.10 Å². The highest BCUT2D eigenvalue weighted by Gasteiger charge is 2.07. The van der Waals surface area contributed by atoms with Crippen molar-refractivity contribution in [3.05, 3.63) is 29.3 Å². The Bertz CT molecular complexity index is 350. The Labute approximate surface area is 105 Å². The maximum Gasteiger partial charge on any atom is 0.0644 e. The highest BCUT2D eigenvalue weighted by Crippen LogP contribution is 2.20. The zero-order chi connectivity index (χ0) is 12.8. The van der Waals surface area contributed by atoms with E-state index in [0.29, 0.717) is 6.54 Å². The molecule has 0 bridgehead atoms. The van der Waals surface area contributed by atoms with E-state index in [1.165, 1.54) is 16.8 Å². The standard InChI is InChI=1S/C14H24N2O/c1-11(2)17-8-7-16(4)14-9-12(3)5-6-13(14)10-15/h5-6,9,11H,7-8,10,15H2,1-4H3. The first-order valence-electron chi connectivity index (χ1n) is 6.17. The van der Waals surface area contributed by atoms with E-state index in [2.05, 4.69) is 50.9 Å². The van der Waals surface area contributed by atoms with Crippen LogP contribution in [-0.2, 0) is 11.3 Å². The van der Waals surface area contributed by atoms with Gasteiger partial charge in [0.1, 0.15) is 0 Å². The van der Waals surface area contributed by atoms with Crippen LogP contribution in [0, 0.1) is 6.92 Å². The van der Waals surface area contributed by atoms with E-state index < -0.39 is 0 Å². The maximum absolute atomic E-state index is 5.76. The van der Waals surface area contributed by atoms with Gasteiger partial charge in [-0.3, -0.25) is 0 Å². The van der Waals surface area contributed by atoms with Gasteiger partial charge < -0.3 is 15.4 Å². The SMILES string of the molecule is Cc1ccc(CN)c(N(C)CCOC(C)C)c1. The third-order valence-electron chi connectivity index (χ3n) is 2.75. The van der Waals surface area contributed by atoms with Gasteiger partial charge in [0.05, 0.1) is 12.7 Å². The highest BCUT2D eigenvalue weighted by atomic mass is 16.5. The summed E-state index contributed by atoms with van der Waals surface area (Å²) in [6, 6.07) is 6.38. The van der Waals surface area contributed by atoms with Gasteiger partial charge in [-0.2, -0.15) is 0 Å². The van der Waals surface area contributed by atoms with E-state index in [1.807, 2.05) is 0 Å². The molecule has 0 fully saturated rings. The van der Waals surface area contributed by atoms with Crippen molar-refractivity contribution in [2.45, 2.75) is 33.4 Å². The first-order chi connectivity index (χ1) is 8.04. The summed E-state index contributed by atoms with van der Waals surface area (Å²) >= 11 is 0. The van der Waals surface area contributed by atoms with Gasteiger partial charge in [0.25, 0.3) is 0 Å². The Balaban J connectivity index is 2.66. The molecule has 0 unspecified atom stereocenters. The molecule has 17 heavy (non-hydrogen) atoms. The average molecular weight is 236 g/mol. The lowest BCUT2D eigenvalue weighted by molar-refractivity contribution is 0.0846. The quantitative estimate of drug-likeness (QED) is 0.823. The molecule has 3 heteroatoms. The number of hydrogen-bond donors (Lipinski definition) is 1. The number of rotatable bonds is 6. The fourth-order valence-electron chi connectivity index (χ4n) is 1.75. The summed E-state index contributed by atoms with van der Waals surface area (Å²) in [5, 5.41) is 0. The number of benzene rings is 1. The number of likely N-dealkylation sites (N-methyl/N-ethyl adjacent to an activating group) is 1. The molecule has 0 heterocycles. The van der Waals surface area contributed by atoms with Crippen molar-refractivity contribution in [3.63, 3.8) is 0 Å². The highest BCUT2D eigenvalue weighted by molar-refractivity contribution is 5.54. The second-order valence-corrected chi connectivity index (χ2v) is 4.68. The molecule has 0 spiro atoms. The Morgan fingerprint density at radius 2 is 2.06 bits per heavy atom. The van der Waals surface area contributed by atoms with Gasteiger partial charge in [-0.05, 0) is 38.0 Å². The van der Waals surface area contributed by atoms with Gasteiger partial charge in [0, 0.05) is 25.8 Å². The van der Waals surface area contributed by atoms with Crippen molar-refractivity contribution in [2.24, 2.45) is 5.73 Å². The first kappa shape index (κ1) is 14.0. The molecule has 0 saturated carbocycles. The van der Waals surface area contributed by atoms with Gasteiger partial charge in [0.15, 0.2) is 0 Å². The molecule has 1 aromatic carbocycles. The first-order valence-corrected chi connectivity index (χ1v) is 6.17. The van der Waals surface area contributed by atoms with Crippen LogP contribution in [0.15, 0.2) is 18.2 Å². The van der Waals surface area contributed by atoms with Crippen LogP contribution >= 0.6 is 0 Å². The lowest BCUT2D eigenvalue weighted by atomic mass is 10.1. The molecule has 1 rings (SSSR count). The minimum absolute atomic E-state index is 0.287. The third-order valence-corrected chi connectivity index (χ3v) is 2.75. The Morgan fingerprint density at radius 1 is 1.35 bits per heavy atom. The summed E-state index contributed by atoms with van der Waals surface area (Å²) < 4.78 is 5.56. The van der Waals surface area contributed by atoms with Gasteiger partial charge in [-0.1, -0.05) is 12.1 Å². The molecule has 96 valence electrons. The zero-order valence-electron chi connectivity index (χ0n) is 11.4. The average Bonchev–Trinajstić information content (AvgIpc) is 2.28. The van der Waals surface area contributed by atoms with Gasteiger partial charge in [0.2, 0.25) is 0 Å². The molecule has 0 saturated heterocycles. The summed E-state index contributed by atoms with van der Waals surface area (Å²) in [6.45, 7) is 8.41. The van der Waals surface area contributed by atoms with Crippen LogP contribution in [0.25, 0.3) is 0 Å². The second-order valence-electron chi connectivity index (χ2n) is 4.68. The summed E-state index contributed by atoms with van der Waals surface area (Å²) in [7, 11) is 2.08. The molecule has 2 N–H and O–H groups in total. The molecular weight excluding hydrogens is 212 g/mol. The van der Waals surface area contributed by atoms with Crippen LogP contribution in [0.5, 0.6) is 0 Å². The summed E-state index contributed by atoms with van der Waals surface area (Å²) in [6.07, 6.45) is 0.287. The minimum atomic E-state index is 0.287. The summed E-state index contributed by atoms with van der Waals surface area (Å²) in [5.74, 6) is 0. The van der Waals surface area contributed by atoms with E-state index in [9.17, 15) is 0 Å². The smallest absolute Gasteiger partial charge is 0.0644 e. The van der Waals surface area contributed by atoms with Crippen molar-refractivity contribution >= 4 is 5.69 Å². The maximum atomic E-state index is 5.76. The van der Waals surface area contributed by atoms with Crippen LogP contribution in [-0.4, -0.2) is 26.3 Å². The van der Waals surface area contributed by atoms with Crippen LogP contribution in [0.3, 0.4) is 0 Å². The Morgan fingerprint density at radius 3 is 2.65 bits per heavy atom. The summed E-state index contributed by atoms with van der Waals surface area (Å²) in [4.78, 5) is 2.21. The van der Waals surface area contributed by atoms with Crippen molar-refractivity contribution in [1.82, 2.24) is 0 Å². The fraction of sp³-hybridized carbons (Fsp3) is 0.571. The number of aryl methyl sites for hydroxylation is 1. The van der Waals surface area contributed by atoms with Crippen LogP contribution < -0.4 is 10.6 Å². The molecule has 0 radical (unpaired) electrons. The molecule has 3 nitrogen and oxygen atoms in total. The van der Waals surface area contributed by atoms with Crippen LogP contribution in [0.2, 0.25) is 0 Å². The molecule has 1 aromatic rings. The molecule has 0 aliphatic heterocycles. The van der Waals surface area contributed by atoms with Crippen molar-refractivity contribution < 1.29 is 4.74 Å². The molecule has 0 atom stereocenters. The van der Waals surface area contributed by atoms with E-state index in [0.717, 1.165) is 13.2 Å². The predicted octanol–water partition coefficient (Wildman–Crippen LogP) is 2.31. The van der Waals surface area contributed by atoms with Crippen molar-refractivity contribution in [2.75, 3.05) is 25.1 Å². The second kappa shape index (κ2) is 6.62. The molecule has 0 amide bonds. The van der Waals surface area contributed by atoms with E-state index in [4.69, 9.17) is 10.5 Å². The molecule has 0 aromatic heterocycles. The van der Waals surface area contributed by atoms with Gasteiger partial charge in [-0.15, -0.1) is 0 Å². The van der Waals surface area contributed by atoms with Crippen molar-refractivity contribution in [1.29, 1.82) is 0 Å². The number of nitrogens with zero attached hydrogens (tertiary/aromatic N) is 1. The largest absolute Gasteiger partial charge is 0.377 e. The lowest BCUT2D eigenvalue weighted by Gasteiger charge is -2.23. The Hall–Kier alpha value is -1.06. The molecular formula is C14H24N2O. The number of anilines is 1. The topological polar surface area (TPSA) is 38.5 Å². The number of ether oxygens (including phenoxy) is 1. The van der Waals surface area contributed by atoms with Crippen LogP contribution in [0.4, 0.5) is 5.69 Å². The zero-order valence-corrected chi connectivity index (χ0v) is 11.4. The van der Waals surface area contributed by atoms with Gasteiger partial charge >= 0.3 is 0 Å². The van der Waals surface area contributed by atoms with Crippen LogP contribution in [0.1, 0.15) is 25.0 Å². The predicted molar refractivity (Wildman–Crippen MR) is 73.4 cm³/mol.